The van der Waals surface area contributed by atoms with E-state index in [-0.39, 0.29) is 0 Å². The van der Waals surface area contributed by atoms with Gasteiger partial charge in [0.05, 0.1) is 0 Å². The van der Waals surface area contributed by atoms with E-state index in [2.05, 4.69) is 0 Å². The van der Waals surface area contributed by atoms with Gasteiger partial charge in [-0.1, -0.05) is 12.2 Å². The molecule has 0 aromatic heterocycles. The van der Waals surface area contributed by atoms with Gasteiger partial charge in [-0.25, -0.2) is 8.42 Å². The molecule has 0 aromatic carbocycles. The minimum Gasteiger partial charge on any atom is -0.297 e. The quantitative estimate of drug-likeness (QED) is 0.346. The summed E-state index contributed by atoms with van der Waals surface area (Å²) in [5, 5.41) is 6.55. The molecule has 3 nitrogen and oxygen atoms in total. The number of nitrogens with one attached hydrogen (secondary N) is 1. The molecule has 0 amide bonds. The Balaban J connectivity index is 2.98. The van der Waals surface area contributed by atoms with E-state index in [1.807, 2.05) is 0 Å². The first kappa shape index (κ1) is 6.48. The van der Waals surface area contributed by atoms with Crippen LogP contribution in [0.1, 0.15) is 6.92 Å². The summed E-state index contributed by atoms with van der Waals surface area (Å²) in [6, 6.07) is 0. The van der Waals surface area contributed by atoms with Gasteiger partial charge < -0.3 is 0 Å². The van der Waals surface area contributed by atoms with E-state index in [1.54, 1.807) is 19.1 Å². The average Bonchev–Trinajstić information content (AvgIpc) is 2.49. The largest absolute Gasteiger partial charge is 0.297 e. The first-order chi connectivity index (χ1) is 4.02. The molecule has 0 unspecified atom stereocenters. The molecule has 1 aliphatic carbocycles. The van der Waals surface area contributed by atoms with Crippen LogP contribution in [0.5, 0.6) is 0 Å². The number of rotatable bonds is 2. The summed E-state index contributed by atoms with van der Waals surface area (Å²) in [6.07, 6.45) is 3.13. The molecule has 0 saturated carbocycles. The highest BCUT2D eigenvalue weighted by Gasteiger charge is 2.41. The Morgan fingerprint density at radius 1 is 1.56 bits per heavy atom. The second kappa shape index (κ2) is 1.44. The molecule has 1 aliphatic rings. The zero-order valence-corrected chi connectivity index (χ0v) is 5.77. The van der Waals surface area contributed by atoms with E-state index in [1.165, 1.54) is 0 Å². The van der Waals surface area contributed by atoms with Crippen molar-refractivity contribution in [3.05, 3.63) is 12.2 Å². The highest BCUT2D eigenvalue weighted by atomic mass is 32.2. The predicted molar refractivity (Wildman–Crippen MR) is 35.2 cm³/mol. The first-order valence-electron chi connectivity index (χ1n) is 2.47. The molecule has 0 aromatic rings. The van der Waals surface area contributed by atoms with Gasteiger partial charge in [-0.05, 0) is 6.92 Å². The summed E-state index contributed by atoms with van der Waals surface area (Å²) in [4.78, 5) is 0. The van der Waals surface area contributed by atoms with Crippen molar-refractivity contribution in [1.82, 2.24) is 0 Å². The molecule has 4 heteroatoms. The fraction of sp³-hybridized carbons (Fsp3) is 0.400. The van der Waals surface area contributed by atoms with Crippen molar-refractivity contribution in [3.8, 4) is 0 Å². The second-order valence-corrected chi connectivity index (χ2v) is 4.39. The van der Waals surface area contributed by atoms with Crippen molar-refractivity contribution in [2.24, 2.45) is 0 Å². The van der Waals surface area contributed by atoms with Crippen LogP contribution in [0.4, 0.5) is 0 Å². The first-order valence-corrected chi connectivity index (χ1v) is 4.02. The van der Waals surface area contributed by atoms with Crippen LogP contribution < -0.4 is 0 Å². The highest BCUT2D eigenvalue weighted by molar-refractivity contribution is 8.06. The van der Waals surface area contributed by atoms with Crippen molar-refractivity contribution in [2.45, 2.75) is 11.7 Å². The minimum absolute atomic E-state index is 0.493. The van der Waals surface area contributed by atoms with Crippen molar-refractivity contribution in [3.63, 3.8) is 0 Å². The maximum Gasteiger partial charge on any atom is 0.200 e. The average molecular weight is 145 g/mol. The molecule has 0 saturated heterocycles. The Bertz CT molecular complexity index is 257. The Morgan fingerprint density at radius 3 is 2.11 bits per heavy atom. The van der Waals surface area contributed by atoms with Crippen molar-refractivity contribution < 1.29 is 8.42 Å². The van der Waals surface area contributed by atoms with Crippen molar-refractivity contribution in [2.75, 3.05) is 0 Å². The molecule has 1 rings (SSSR count). The molecule has 0 atom stereocenters. The predicted octanol–water partition coefficient (Wildman–Crippen LogP) is 0.337. The molecule has 0 heterocycles. The van der Waals surface area contributed by atoms with Crippen LogP contribution in [0.25, 0.3) is 0 Å². The zero-order chi connectivity index (χ0) is 7.12. The van der Waals surface area contributed by atoms with Gasteiger partial charge in [0.15, 0.2) is 0 Å². The Kier molecular flexibility index (Phi) is 1.04. The standard InChI is InChI=1S/C5H7NO2S/c1-5(2-3-5)9(7,8)4-6/h2-4,6H,1H3. The summed E-state index contributed by atoms with van der Waals surface area (Å²) >= 11 is 0. The SMILES string of the molecule is CC1(S(=O)(=O)C=N)C=C1. The lowest BCUT2D eigenvalue weighted by Gasteiger charge is -2.02. The molecule has 0 spiro atoms. The monoisotopic (exact) mass is 145 g/mol. The van der Waals surface area contributed by atoms with Crippen LogP contribution in [0.3, 0.4) is 0 Å². The number of hydrogen-bond acceptors (Lipinski definition) is 3. The normalized spacial score (nSPS) is 21.4. The van der Waals surface area contributed by atoms with Crippen LogP contribution in [0, 0.1) is 5.41 Å². The molecule has 0 aliphatic heterocycles. The van der Waals surface area contributed by atoms with Gasteiger partial charge in [0.1, 0.15) is 10.3 Å². The topological polar surface area (TPSA) is 58.0 Å². The van der Waals surface area contributed by atoms with Gasteiger partial charge >= 0.3 is 0 Å². The van der Waals surface area contributed by atoms with Gasteiger partial charge in [0.2, 0.25) is 9.84 Å². The van der Waals surface area contributed by atoms with E-state index in [0.717, 1.165) is 0 Å². The summed E-state index contributed by atoms with van der Waals surface area (Å²) in [5.74, 6) is 0. The van der Waals surface area contributed by atoms with Gasteiger partial charge in [-0.15, -0.1) is 0 Å². The van der Waals surface area contributed by atoms with Crippen molar-refractivity contribution >= 4 is 15.4 Å². The summed E-state index contributed by atoms with van der Waals surface area (Å²) in [7, 11) is -3.29. The van der Waals surface area contributed by atoms with Crippen LogP contribution in [0.2, 0.25) is 0 Å². The third kappa shape index (κ3) is 0.790. The lowest BCUT2D eigenvalue weighted by atomic mass is 10.4. The van der Waals surface area contributed by atoms with Gasteiger partial charge in [-0.2, -0.15) is 0 Å². The fourth-order valence-corrected chi connectivity index (χ4v) is 1.14. The molecule has 50 valence electrons. The highest BCUT2D eigenvalue weighted by Crippen LogP contribution is 2.31. The summed E-state index contributed by atoms with van der Waals surface area (Å²) in [5.41, 5.74) is 0.493. The van der Waals surface area contributed by atoms with E-state index >= 15 is 0 Å². The maximum absolute atomic E-state index is 10.8. The third-order valence-corrected chi connectivity index (χ3v) is 3.21. The maximum atomic E-state index is 10.8. The van der Waals surface area contributed by atoms with Crippen LogP contribution in [-0.2, 0) is 9.84 Å². The van der Waals surface area contributed by atoms with Crippen LogP contribution in [-0.4, -0.2) is 18.7 Å². The van der Waals surface area contributed by atoms with Gasteiger partial charge in [0.25, 0.3) is 0 Å². The lowest BCUT2D eigenvalue weighted by molar-refractivity contribution is 0.599. The summed E-state index contributed by atoms with van der Waals surface area (Å²) in [6.45, 7) is 1.56. The minimum atomic E-state index is -3.29. The molecular formula is C5H7NO2S. The Morgan fingerprint density at radius 2 is 2.00 bits per heavy atom. The molecule has 0 bridgehead atoms. The third-order valence-electron chi connectivity index (χ3n) is 1.40. The van der Waals surface area contributed by atoms with Gasteiger partial charge in [0, 0.05) is 0 Å². The molecule has 9 heavy (non-hydrogen) atoms. The lowest BCUT2D eigenvalue weighted by Crippen LogP contribution is -2.20. The van der Waals surface area contributed by atoms with E-state index < -0.39 is 14.6 Å². The second-order valence-electron chi connectivity index (χ2n) is 2.18. The Hall–Kier alpha value is -0.640. The zero-order valence-electron chi connectivity index (χ0n) is 4.96. The van der Waals surface area contributed by atoms with Crippen LogP contribution in [0.15, 0.2) is 12.2 Å². The van der Waals surface area contributed by atoms with Gasteiger partial charge in [-0.3, -0.25) is 5.41 Å². The summed E-state index contributed by atoms with van der Waals surface area (Å²) < 4.78 is 20.7. The number of sulfone groups is 1. The van der Waals surface area contributed by atoms with Crippen molar-refractivity contribution in [1.29, 1.82) is 5.41 Å². The molecule has 0 fully saturated rings. The van der Waals surface area contributed by atoms with E-state index in [4.69, 9.17) is 5.41 Å². The van der Waals surface area contributed by atoms with E-state index in [0.29, 0.717) is 5.55 Å². The Labute approximate surface area is 53.8 Å². The van der Waals surface area contributed by atoms with Crippen LogP contribution >= 0.6 is 0 Å². The number of hydrogen-bond donors (Lipinski definition) is 1. The fourth-order valence-electron chi connectivity index (χ4n) is 0.434. The molecular weight excluding hydrogens is 138 g/mol. The molecule has 0 radical (unpaired) electrons. The van der Waals surface area contributed by atoms with E-state index in [9.17, 15) is 8.42 Å². The smallest absolute Gasteiger partial charge is 0.200 e. The molecule has 1 N–H and O–H groups in total.